The zero-order valence-electron chi connectivity index (χ0n) is 8.80. The molecule has 2 atom stereocenters. The lowest BCUT2D eigenvalue weighted by molar-refractivity contribution is -0.121. The van der Waals surface area contributed by atoms with Crippen LogP contribution in [0.25, 0.3) is 0 Å². The maximum atomic E-state index is 10.9. The molecule has 6 heteroatoms. The lowest BCUT2D eigenvalue weighted by Crippen LogP contribution is -2.26. The molecule has 0 saturated heterocycles. The molecule has 0 fully saturated rings. The summed E-state index contributed by atoms with van der Waals surface area (Å²) in [4.78, 5) is 23.9. The molecular weight excluding hydrogens is 212 g/mol. The van der Waals surface area contributed by atoms with Crippen LogP contribution < -0.4 is 11.3 Å². The Labute approximate surface area is 91.7 Å². The van der Waals surface area contributed by atoms with Gasteiger partial charge in [-0.25, -0.2) is 0 Å². The van der Waals surface area contributed by atoms with Crippen LogP contribution >= 0.6 is 0 Å². The van der Waals surface area contributed by atoms with Crippen LogP contribution in [-0.2, 0) is 4.79 Å². The van der Waals surface area contributed by atoms with Crippen molar-refractivity contribution in [1.82, 2.24) is 4.98 Å². The topological polar surface area (TPSA) is 116 Å². The molecule has 0 aliphatic rings. The first-order valence-corrected chi connectivity index (χ1v) is 4.75. The van der Waals surface area contributed by atoms with E-state index in [0.29, 0.717) is 11.1 Å². The zero-order valence-corrected chi connectivity index (χ0v) is 8.80. The lowest BCUT2D eigenvalue weighted by Gasteiger charge is -2.18. The number of carbonyl (C=O) groups excluding carboxylic acids is 1. The van der Waals surface area contributed by atoms with Crippen LogP contribution in [0.2, 0.25) is 0 Å². The molecule has 1 rings (SSSR count). The Kier molecular flexibility index (Phi) is 3.81. The van der Waals surface area contributed by atoms with Gasteiger partial charge >= 0.3 is 0 Å². The Hall–Kier alpha value is -1.66. The fraction of sp³-hybridized carbons (Fsp3) is 0.400. The van der Waals surface area contributed by atoms with Crippen molar-refractivity contribution in [2.75, 3.05) is 0 Å². The smallest absolute Gasteiger partial charge is 0.248 e. The summed E-state index contributed by atoms with van der Waals surface area (Å²) in [5.74, 6) is -0.700. The van der Waals surface area contributed by atoms with Gasteiger partial charge in [-0.2, -0.15) is 0 Å². The molecule has 2 unspecified atom stereocenters. The second-order valence-electron chi connectivity index (χ2n) is 3.62. The molecule has 1 amide bonds. The lowest BCUT2D eigenvalue weighted by atomic mass is 10.00. The van der Waals surface area contributed by atoms with Gasteiger partial charge in [-0.15, -0.1) is 0 Å². The molecule has 16 heavy (non-hydrogen) atoms. The average Bonchev–Trinajstić information content (AvgIpc) is 2.15. The minimum Gasteiger partial charge on any atom is -0.390 e. The third kappa shape index (κ3) is 2.91. The van der Waals surface area contributed by atoms with E-state index in [-0.39, 0.29) is 12.0 Å². The quantitative estimate of drug-likeness (QED) is 0.524. The van der Waals surface area contributed by atoms with E-state index >= 15 is 0 Å². The van der Waals surface area contributed by atoms with Crippen molar-refractivity contribution >= 4 is 5.91 Å². The molecule has 1 aromatic rings. The molecule has 6 nitrogen and oxygen atoms in total. The molecule has 1 aromatic heterocycles. The number of H-pyrrole nitrogens is 1. The van der Waals surface area contributed by atoms with Gasteiger partial charge in [0.05, 0.1) is 12.5 Å². The summed E-state index contributed by atoms with van der Waals surface area (Å²) in [5.41, 5.74) is 5.52. The fourth-order valence-electron chi connectivity index (χ4n) is 1.43. The molecule has 0 aliphatic carbocycles. The predicted molar refractivity (Wildman–Crippen MR) is 56.6 cm³/mol. The number of hydrogen-bond acceptors (Lipinski definition) is 4. The maximum absolute atomic E-state index is 10.9. The highest BCUT2D eigenvalue weighted by Crippen LogP contribution is 2.20. The third-order valence-electron chi connectivity index (χ3n) is 2.27. The number of hydrogen-bond donors (Lipinski definition) is 4. The van der Waals surface area contributed by atoms with Crippen LogP contribution in [-0.4, -0.2) is 27.2 Å². The van der Waals surface area contributed by atoms with Gasteiger partial charge in [-0.1, -0.05) is 0 Å². The van der Waals surface area contributed by atoms with Crippen molar-refractivity contribution in [3.05, 3.63) is 33.7 Å². The van der Waals surface area contributed by atoms with E-state index in [4.69, 9.17) is 5.73 Å². The Morgan fingerprint density at radius 1 is 1.56 bits per heavy atom. The molecule has 0 radical (unpaired) electrons. The molecule has 0 aromatic carbocycles. The fourth-order valence-corrected chi connectivity index (χ4v) is 1.43. The number of aliphatic hydroxyl groups excluding tert-OH is 2. The van der Waals surface area contributed by atoms with Gasteiger partial charge in [-0.05, 0) is 12.5 Å². The van der Waals surface area contributed by atoms with Crippen LogP contribution in [0, 0.1) is 6.92 Å². The van der Waals surface area contributed by atoms with Crippen molar-refractivity contribution in [2.24, 2.45) is 5.73 Å². The van der Waals surface area contributed by atoms with Gasteiger partial charge in [0.15, 0.2) is 0 Å². The first kappa shape index (κ1) is 12.4. The number of amides is 1. The van der Waals surface area contributed by atoms with Gasteiger partial charge in [0.2, 0.25) is 11.5 Å². The Bertz CT molecular complexity index is 441. The van der Waals surface area contributed by atoms with Crippen LogP contribution in [0.5, 0.6) is 0 Å². The van der Waals surface area contributed by atoms with Crippen LogP contribution in [0.15, 0.2) is 17.1 Å². The minimum atomic E-state index is -1.28. The standard InChI is InChI=1S/C10H14N2O4/c1-5-2-9(15)12-4-6(5)10(16)7(13)3-8(11)14/h2,4,7,10,13,16H,3H2,1H3,(H2,11,14)(H,12,15). The van der Waals surface area contributed by atoms with Crippen molar-refractivity contribution in [1.29, 1.82) is 0 Å². The predicted octanol–water partition coefficient (Wildman–Crippen LogP) is -1.05. The first-order valence-electron chi connectivity index (χ1n) is 4.75. The largest absolute Gasteiger partial charge is 0.390 e. The van der Waals surface area contributed by atoms with Gasteiger partial charge in [0.25, 0.3) is 0 Å². The van der Waals surface area contributed by atoms with Crippen molar-refractivity contribution in [2.45, 2.75) is 25.6 Å². The highest BCUT2D eigenvalue weighted by molar-refractivity contribution is 5.74. The van der Waals surface area contributed by atoms with E-state index in [1.807, 2.05) is 0 Å². The molecule has 88 valence electrons. The zero-order chi connectivity index (χ0) is 12.3. The van der Waals surface area contributed by atoms with Crippen molar-refractivity contribution in [3.63, 3.8) is 0 Å². The average molecular weight is 226 g/mol. The van der Waals surface area contributed by atoms with E-state index in [0.717, 1.165) is 0 Å². The first-order chi connectivity index (χ1) is 7.41. The molecule has 1 heterocycles. The van der Waals surface area contributed by atoms with Gasteiger partial charge in [0, 0.05) is 17.8 Å². The highest BCUT2D eigenvalue weighted by atomic mass is 16.3. The van der Waals surface area contributed by atoms with Crippen LogP contribution in [0.3, 0.4) is 0 Å². The summed E-state index contributed by atoms with van der Waals surface area (Å²) in [6.07, 6.45) is -1.54. The Morgan fingerprint density at radius 2 is 2.19 bits per heavy atom. The highest BCUT2D eigenvalue weighted by Gasteiger charge is 2.21. The second-order valence-corrected chi connectivity index (χ2v) is 3.62. The van der Waals surface area contributed by atoms with E-state index in [1.165, 1.54) is 12.3 Å². The number of aromatic nitrogens is 1. The van der Waals surface area contributed by atoms with E-state index in [1.54, 1.807) is 6.92 Å². The second kappa shape index (κ2) is 4.91. The van der Waals surface area contributed by atoms with Crippen LogP contribution in [0.4, 0.5) is 0 Å². The summed E-state index contributed by atoms with van der Waals surface area (Å²) < 4.78 is 0. The molecule has 5 N–H and O–H groups in total. The summed E-state index contributed by atoms with van der Waals surface area (Å²) in [5, 5.41) is 19.2. The third-order valence-corrected chi connectivity index (χ3v) is 2.27. The summed E-state index contributed by atoms with van der Waals surface area (Å²) in [6.45, 7) is 1.63. The monoisotopic (exact) mass is 226 g/mol. The normalized spacial score (nSPS) is 14.4. The number of carbonyl (C=O) groups is 1. The molecule has 0 aliphatic heterocycles. The number of rotatable bonds is 4. The number of aromatic amines is 1. The number of nitrogens with one attached hydrogen (secondary N) is 1. The van der Waals surface area contributed by atoms with Crippen LogP contribution in [0.1, 0.15) is 23.7 Å². The number of pyridine rings is 1. The molecule has 0 spiro atoms. The summed E-state index contributed by atoms with van der Waals surface area (Å²) >= 11 is 0. The maximum Gasteiger partial charge on any atom is 0.248 e. The van der Waals surface area contributed by atoms with Crippen molar-refractivity contribution in [3.8, 4) is 0 Å². The summed E-state index contributed by atoms with van der Waals surface area (Å²) in [6, 6.07) is 1.30. The molecule has 0 saturated carbocycles. The Morgan fingerprint density at radius 3 is 2.69 bits per heavy atom. The molecule has 0 bridgehead atoms. The number of nitrogens with two attached hydrogens (primary N) is 1. The molecular formula is C10H14N2O4. The SMILES string of the molecule is Cc1cc(=O)[nH]cc1C(O)C(O)CC(N)=O. The minimum absolute atomic E-state index is 0.294. The van der Waals surface area contributed by atoms with E-state index in [9.17, 15) is 19.8 Å². The van der Waals surface area contributed by atoms with Crippen molar-refractivity contribution < 1.29 is 15.0 Å². The van der Waals surface area contributed by atoms with Gasteiger partial charge in [-0.3, -0.25) is 9.59 Å². The Balaban J connectivity index is 2.91. The van der Waals surface area contributed by atoms with E-state index in [2.05, 4.69) is 4.98 Å². The number of aryl methyl sites for hydroxylation is 1. The van der Waals surface area contributed by atoms with Gasteiger partial charge < -0.3 is 20.9 Å². The number of aliphatic hydroxyl groups is 2. The summed E-state index contributed by atoms with van der Waals surface area (Å²) in [7, 11) is 0. The van der Waals surface area contributed by atoms with E-state index < -0.39 is 18.1 Å². The number of primary amides is 1. The van der Waals surface area contributed by atoms with Gasteiger partial charge in [0.1, 0.15) is 6.10 Å².